The van der Waals surface area contributed by atoms with E-state index in [0.717, 1.165) is 25.0 Å². The lowest BCUT2D eigenvalue weighted by atomic mass is 10.2. The van der Waals surface area contributed by atoms with Gasteiger partial charge in [-0.05, 0) is 30.9 Å². The number of sulfonamides is 1. The van der Waals surface area contributed by atoms with Gasteiger partial charge in [0, 0.05) is 23.9 Å². The molecule has 1 amide bonds. The number of thiazole rings is 1. The van der Waals surface area contributed by atoms with E-state index >= 15 is 0 Å². The summed E-state index contributed by atoms with van der Waals surface area (Å²) in [5.41, 5.74) is 1.61. The van der Waals surface area contributed by atoms with Crippen LogP contribution in [-0.2, 0) is 14.8 Å². The van der Waals surface area contributed by atoms with Crippen molar-refractivity contribution in [2.45, 2.75) is 50.3 Å². The van der Waals surface area contributed by atoms with Crippen LogP contribution in [0.5, 0.6) is 0 Å². The Morgan fingerprint density at radius 1 is 1.25 bits per heavy atom. The van der Waals surface area contributed by atoms with E-state index in [1.54, 1.807) is 24.3 Å². The van der Waals surface area contributed by atoms with E-state index in [2.05, 4.69) is 33.9 Å². The molecule has 9 heteroatoms. The SMILES string of the molecule is CC(C)c1csc(NC(=O)CCCCCN=C2NS(=O)(=O)c3ccccc32)n1. The van der Waals surface area contributed by atoms with Crippen LogP contribution in [0.2, 0.25) is 0 Å². The third-order valence-corrected chi connectivity index (χ3v) is 6.53. The number of hydrogen-bond donors (Lipinski definition) is 2. The lowest BCUT2D eigenvalue weighted by molar-refractivity contribution is -0.116. The topological polar surface area (TPSA) is 101 Å². The molecule has 2 aromatic rings. The van der Waals surface area contributed by atoms with Gasteiger partial charge in [-0.25, -0.2) is 13.4 Å². The molecule has 1 aromatic heterocycles. The summed E-state index contributed by atoms with van der Waals surface area (Å²) in [5, 5.41) is 5.45. The predicted molar refractivity (Wildman–Crippen MR) is 111 cm³/mol. The number of anilines is 1. The summed E-state index contributed by atoms with van der Waals surface area (Å²) in [5.74, 6) is 0.714. The first-order chi connectivity index (χ1) is 13.4. The fraction of sp³-hybridized carbons (Fsp3) is 0.421. The lowest BCUT2D eigenvalue weighted by Crippen LogP contribution is -2.22. The zero-order valence-corrected chi connectivity index (χ0v) is 17.6. The van der Waals surface area contributed by atoms with Gasteiger partial charge in [0.15, 0.2) is 5.13 Å². The second-order valence-electron chi connectivity index (χ2n) is 6.92. The van der Waals surface area contributed by atoms with E-state index < -0.39 is 10.0 Å². The van der Waals surface area contributed by atoms with Gasteiger partial charge < -0.3 is 5.32 Å². The van der Waals surface area contributed by atoms with Gasteiger partial charge in [-0.3, -0.25) is 14.5 Å². The molecule has 0 atom stereocenters. The summed E-state index contributed by atoms with van der Waals surface area (Å²) in [7, 11) is -3.49. The van der Waals surface area contributed by atoms with E-state index in [-0.39, 0.29) is 10.8 Å². The quantitative estimate of drug-likeness (QED) is 0.638. The van der Waals surface area contributed by atoms with Crippen LogP contribution in [0, 0.1) is 0 Å². The molecule has 28 heavy (non-hydrogen) atoms. The summed E-state index contributed by atoms with van der Waals surface area (Å²) < 4.78 is 26.5. The number of amidine groups is 1. The average Bonchev–Trinajstić information content (AvgIpc) is 3.21. The minimum absolute atomic E-state index is 0.0338. The van der Waals surface area contributed by atoms with Crippen molar-refractivity contribution < 1.29 is 13.2 Å². The van der Waals surface area contributed by atoms with Crippen LogP contribution in [0.15, 0.2) is 39.5 Å². The van der Waals surface area contributed by atoms with Crippen molar-refractivity contribution in [3.8, 4) is 0 Å². The number of amides is 1. The Bertz CT molecular complexity index is 981. The summed E-state index contributed by atoms with van der Waals surface area (Å²) in [6.45, 7) is 4.65. The maximum atomic E-state index is 12.0. The van der Waals surface area contributed by atoms with Gasteiger partial charge in [-0.1, -0.05) is 32.4 Å². The highest BCUT2D eigenvalue weighted by Crippen LogP contribution is 2.23. The maximum Gasteiger partial charge on any atom is 0.263 e. The predicted octanol–water partition coefficient (Wildman–Crippen LogP) is 3.50. The maximum absolute atomic E-state index is 12.0. The first-order valence-electron chi connectivity index (χ1n) is 9.29. The molecular formula is C19H24N4O3S2. The van der Waals surface area contributed by atoms with E-state index in [0.29, 0.717) is 35.4 Å². The number of hydrogen-bond acceptors (Lipinski definition) is 6. The fourth-order valence-electron chi connectivity index (χ4n) is 2.81. The van der Waals surface area contributed by atoms with Gasteiger partial charge >= 0.3 is 0 Å². The molecule has 7 nitrogen and oxygen atoms in total. The highest BCUT2D eigenvalue weighted by Gasteiger charge is 2.29. The van der Waals surface area contributed by atoms with Crippen molar-refractivity contribution in [1.82, 2.24) is 9.71 Å². The molecule has 1 aliphatic rings. The molecule has 0 fully saturated rings. The Balaban J connectivity index is 1.39. The van der Waals surface area contributed by atoms with Gasteiger partial charge in [-0.2, -0.15) is 0 Å². The fourth-order valence-corrected chi connectivity index (χ4v) is 4.95. The molecule has 3 rings (SSSR count). The van der Waals surface area contributed by atoms with Crippen LogP contribution in [-0.4, -0.2) is 31.7 Å². The average molecular weight is 421 g/mol. The largest absolute Gasteiger partial charge is 0.302 e. The summed E-state index contributed by atoms with van der Waals surface area (Å²) in [4.78, 5) is 21.0. The highest BCUT2D eigenvalue weighted by molar-refractivity contribution is 7.90. The third kappa shape index (κ3) is 4.96. The second-order valence-corrected chi connectivity index (χ2v) is 9.43. The molecule has 0 spiro atoms. The van der Waals surface area contributed by atoms with Crippen LogP contribution < -0.4 is 10.0 Å². The number of unbranched alkanes of at least 4 members (excludes halogenated alkanes) is 2. The molecule has 0 bridgehead atoms. The number of nitrogens with one attached hydrogen (secondary N) is 2. The van der Waals surface area contributed by atoms with Crippen LogP contribution in [0.25, 0.3) is 0 Å². The summed E-state index contributed by atoms with van der Waals surface area (Å²) in [6, 6.07) is 6.81. The number of carbonyl (C=O) groups excluding carboxylic acids is 1. The van der Waals surface area contributed by atoms with Crippen molar-refractivity contribution in [2.75, 3.05) is 11.9 Å². The normalized spacial score (nSPS) is 16.2. The van der Waals surface area contributed by atoms with Crippen molar-refractivity contribution in [2.24, 2.45) is 4.99 Å². The Kier molecular flexibility index (Phi) is 6.46. The number of aromatic nitrogens is 1. The molecule has 0 aliphatic carbocycles. The molecule has 0 saturated heterocycles. The van der Waals surface area contributed by atoms with E-state index in [9.17, 15) is 13.2 Å². The van der Waals surface area contributed by atoms with Crippen molar-refractivity contribution in [3.05, 3.63) is 40.9 Å². The van der Waals surface area contributed by atoms with E-state index in [1.807, 2.05) is 5.38 Å². The number of fused-ring (bicyclic) bond motifs is 1. The first kappa shape index (κ1) is 20.5. The number of benzene rings is 1. The zero-order valence-electron chi connectivity index (χ0n) is 15.9. The van der Waals surface area contributed by atoms with Crippen LogP contribution in [0.3, 0.4) is 0 Å². The second kappa shape index (κ2) is 8.83. The molecule has 0 radical (unpaired) electrons. The minimum atomic E-state index is -3.49. The molecule has 150 valence electrons. The Morgan fingerprint density at radius 2 is 2.04 bits per heavy atom. The number of carbonyl (C=O) groups is 1. The monoisotopic (exact) mass is 420 g/mol. The van der Waals surface area contributed by atoms with Gasteiger partial charge in [-0.15, -0.1) is 11.3 Å². The van der Waals surface area contributed by atoms with Crippen LogP contribution >= 0.6 is 11.3 Å². The molecule has 1 aromatic carbocycles. The molecule has 1 aliphatic heterocycles. The minimum Gasteiger partial charge on any atom is -0.302 e. The standard InChI is InChI=1S/C19H24N4O3S2/c1-13(2)15-12-27-19(21-15)22-17(24)10-4-3-7-11-20-18-14-8-5-6-9-16(14)28(25,26)23-18/h5-6,8-9,12-13H,3-4,7,10-11H2,1-2H3,(H,20,23)(H,21,22,24). The molecule has 0 saturated carbocycles. The van der Waals surface area contributed by atoms with Crippen LogP contribution in [0.1, 0.15) is 56.7 Å². The molecular weight excluding hydrogens is 396 g/mol. The van der Waals surface area contributed by atoms with Crippen molar-refractivity contribution in [1.29, 1.82) is 0 Å². The van der Waals surface area contributed by atoms with Gasteiger partial charge in [0.25, 0.3) is 10.0 Å². The number of aliphatic imine (C=N–C) groups is 1. The summed E-state index contributed by atoms with van der Waals surface area (Å²) in [6.07, 6.45) is 2.81. The number of nitrogens with zero attached hydrogens (tertiary/aromatic N) is 2. The molecule has 2 heterocycles. The van der Waals surface area contributed by atoms with E-state index in [1.165, 1.54) is 11.3 Å². The first-order valence-corrected chi connectivity index (χ1v) is 11.6. The van der Waals surface area contributed by atoms with Crippen molar-refractivity contribution in [3.63, 3.8) is 0 Å². The van der Waals surface area contributed by atoms with Crippen molar-refractivity contribution >= 4 is 38.2 Å². The third-order valence-electron chi connectivity index (χ3n) is 4.35. The van der Waals surface area contributed by atoms with Gasteiger partial charge in [0.1, 0.15) is 5.84 Å². The smallest absolute Gasteiger partial charge is 0.263 e. The number of rotatable bonds is 8. The molecule has 0 unspecified atom stereocenters. The Labute approximate surface area is 169 Å². The van der Waals surface area contributed by atoms with E-state index in [4.69, 9.17) is 0 Å². The lowest BCUT2D eigenvalue weighted by Gasteiger charge is -2.02. The van der Waals surface area contributed by atoms with Crippen LogP contribution in [0.4, 0.5) is 5.13 Å². The van der Waals surface area contributed by atoms with Gasteiger partial charge in [0.2, 0.25) is 5.91 Å². The summed E-state index contributed by atoms with van der Waals surface area (Å²) >= 11 is 1.45. The molecule has 2 N–H and O–H groups in total. The van der Waals surface area contributed by atoms with Gasteiger partial charge in [0.05, 0.1) is 10.6 Å². The zero-order chi connectivity index (χ0) is 20.1. The highest BCUT2D eigenvalue weighted by atomic mass is 32.2. The Morgan fingerprint density at radius 3 is 2.79 bits per heavy atom. The Hall–Kier alpha value is -2.26.